The van der Waals surface area contributed by atoms with Crippen molar-refractivity contribution in [1.82, 2.24) is 10.2 Å². The minimum Gasteiger partial charge on any atom is -0.493 e. The minimum atomic E-state index is -1.12. The number of aliphatic hydroxyl groups is 2. The lowest BCUT2D eigenvalue weighted by Crippen LogP contribution is -2.56. The van der Waals surface area contributed by atoms with Gasteiger partial charge >= 0.3 is 0 Å². The zero-order chi connectivity index (χ0) is 26.5. The van der Waals surface area contributed by atoms with Crippen LogP contribution in [0, 0.1) is 15.4 Å². The maximum Gasteiger partial charge on any atom is 0.247 e. The Morgan fingerprint density at radius 3 is 2.70 bits per heavy atom. The van der Waals surface area contributed by atoms with E-state index >= 15 is 0 Å². The number of aldehydes is 1. The highest BCUT2D eigenvalue weighted by Crippen LogP contribution is 2.38. The van der Waals surface area contributed by atoms with Crippen LogP contribution in [-0.2, 0) is 14.3 Å². The third-order valence-corrected chi connectivity index (χ3v) is 7.77. The Kier molecular flexibility index (Phi) is 9.43. The molecular weight excluding hydrogens is 595 g/mol. The fraction of sp³-hybridized carbons (Fsp3) is 0.577. The quantitative estimate of drug-likeness (QED) is 0.247. The molecule has 11 heteroatoms. The molecule has 2 aliphatic carbocycles. The molecule has 2 fully saturated rings. The average Bonchev–Trinajstić information content (AvgIpc) is 3.56. The van der Waals surface area contributed by atoms with Gasteiger partial charge in [-0.05, 0) is 66.0 Å². The summed E-state index contributed by atoms with van der Waals surface area (Å²) in [6.45, 7) is 1.25. The van der Waals surface area contributed by atoms with Crippen molar-refractivity contribution < 1.29 is 38.8 Å². The van der Waals surface area contributed by atoms with Gasteiger partial charge in [0.1, 0.15) is 18.5 Å². The van der Waals surface area contributed by atoms with Crippen LogP contribution in [0.25, 0.3) is 0 Å². The van der Waals surface area contributed by atoms with Crippen molar-refractivity contribution in [3.8, 4) is 11.5 Å². The van der Waals surface area contributed by atoms with Crippen LogP contribution < -0.4 is 14.8 Å². The van der Waals surface area contributed by atoms with E-state index in [1.165, 1.54) is 7.11 Å². The molecule has 4 atom stereocenters. The van der Waals surface area contributed by atoms with Crippen LogP contribution in [0.15, 0.2) is 23.8 Å². The molecule has 10 nitrogen and oxygen atoms in total. The fourth-order valence-electron chi connectivity index (χ4n) is 4.77. The van der Waals surface area contributed by atoms with Gasteiger partial charge in [-0.25, -0.2) is 0 Å². The van der Waals surface area contributed by atoms with Crippen molar-refractivity contribution in [2.75, 3.05) is 40.0 Å². The van der Waals surface area contributed by atoms with E-state index in [0.29, 0.717) is 64.6 Å². The number of aliphatic hydroxyl groups excluding tert-OH is 2. The van der Waals surface area contributed by atoms with Gasteiger partial charge in [0.25, 0.3) is 0 Å². The van der Waals surface area contributed by atoms with Crippen LogP contribution in [0.2, 0.25) is 0 Å². The van der Waals surface area contributed by atoms with E-state index < -0.39 is 18.2 Å². The molecule has 1 heterocycles. The summed E-state index contributed by atoms with van der Waals surface area (Å²) in [7, 11) is 1.45. The van der Waals surface area contributed by atoms with E-state index in [1.807, 2.05) is 22.6 Å². The molecule has 1 aliphatic heterocycles. The Bertz CT molecular complexity index is 1040. The maximum absolute atomic E-state index is 13.6. The third kappa shape index (κ3) is 6.62. The zero-order valence-electron chi connectivity index (χ0n) is 20.7. The largest absolute Gasteiger partial charge is 0.493 e. The van der Waals surface area contributed by atoms with Gasteiger partial charge in [-0.3, -0.25) is 14.4 Å². The molecule has 0 radical (unpaired) electrons. The second-order valence-electron chi connectivity index (χ2n) is 9.66. The number of hydrogen-bond acceptors (Lipinski definition) is 8. The molecule has 1 saturated heterocycles. The second-order valence-corrected chi connectivity index (χ2v) is 10.8. The van der Waals surface area contributed by atoms with E-state index in [2.05, 4.69) is 5.32 Å². The topological polar surface area (TPSA) is 135 Å². The second kappa shape index (κ2) is 12.5. The van der Waals surface area contributed by atoms with Gasteiger partial charge in [0.05, 0.1) is 35.9 Å². The van der Waals surface area contributed by atoms with Crippen molar-refractivity contribution >= 4 is 40.7 Å². The van der Waals surface area contributed by atoms with Gasteiger partial charge in [-0.2, -0.15) is 0 Å². The van der Waals surface area contributed by atoms with E-state index in [9.17, 15) is 24.6 Å². The summed E-state index contributed by atoms with van der Waals surface area (Å²) in [5.74, 6) is 0.269. The molecule has 0 aromatic heterocycles. The van der Waals surface area contributed by atoms with Crippen molar-refractivity contribution in [1.29, 1.82) is 0 Å². The van der Waals surface area contributed by atoms with Crippen molar-refractivity contribution in [3.05, 3.63) is 32.9 Å². The fourth-order valence-corrected chi connectivity index (χ4v) is 5.52. The Morgan fingerprint density at radius 2 is 2.08 bits per heavy atom. The minimum absolute atomic E-state index is 0.0771. The van der Waals surface area contributed by atoms with Crippen LogP contribution in [-0.4, -0.2) is 91.5 Å². The number of rotatable bonds is 11. The van der Waals surface area contributed by atoms with Gasteiger partial charge in [-0.1, -0.05) is 0 Å². The highest BCUT2D eigenvalue weighted by molar-refractivity contribution is 14.1. The molecule has 1 saturated carbocycles. The lowest BCUT2D eigenvalue weighted by molar-refractivity contribution is -0.143. The van der Waals surface area contributed by atoms with Crippen LogP contribution in [0.3, 0.4) is 0 Å². The summed E-state index contributed by atoms with van der Waals surface area (Å²) in [5, 5.41) is 23.4. The Morgan fingerprint density at radius 1 is 1.30 bits per heavy atom. The number of amides is 2. The maximum atomic E-state index is 13.6. The standard InChI is InChI=1S/C26H33IN2O8/c1-35-22-9-16(13-31)8-19(27)24(22)37-21-11-18(25(33)28-5-6-30)10-20(23(21)32)29(12-15-2-3-15)26(34)17-4-7-36-14-17/h8-9,11,13,15,17,20-21,23,30,32H,2-7,10,12,14H2,1H3,(H,28,33). The lowest BCUT2D eigenvalue weighted by atomic mass is 9.87. The van der Waals surface area contributed by atoms with Crippen LogP contribution in [0.5, 0.6) is 11.5 Å². The summed E-state index contributed by atoms with van der Waals surface area (Å²) in [5.41, 5.74) is 0.777. The summed E-state index contributed by atoms with van der Waals surface area (Å²) in [4.78, 5) is 39.6. The van der Waals surface area contributed by atoms with Gasteiger partial charge in [0.15, 0.2) is 11.5 Å². The molecule has 202 valence electrons. The number of ether oxygens (including phenoxy) is 3. The molecule has 3 N–H and O–H groups in total. The normalized spacial score (nSPS) is 25.2. The average molecular weight is 628 g/mol. The van der Waals surface area contributed by atoms with Crippen molar-refractivity contribution in [3.63, 3.8) is 0 Å². The van der Waals surface area contributed by atoms with Crippen molar-refractivity contribution in [2.24, 2.45) is 11.8 Å². The molecule has 4 rings (SSSR count). The van der Waals surface area contributed by atoms with E-state index in [4.69, 9.17) is 14.2 Å². The van der Waals surface area contributed by atoms with Gasteiger partial charge in [0, 0.05) is 37.3 Å². The molecule has 3 aliphatic rings. The molecule has 1 aromatic rings. The molecule has 0 spiro atoms. The Labute approximate surface area is 229 Å². The molecular formula is C26H33IN2O8. The highest BCUT2D eigenvalue weighted by Gasteiger charge is 2.44. The first kappa shape index (κ1) is 27.8. The van der Waals surface area contributed by atoms with Crippen molar-refractivity contribution in [2.45, 2.75) is 43.9 Å². The van der Waals surface area contributed by atoms with Crippen LogP contribution in [0.4, 0.5) is 0 Å². The monoisotopic (exact) mass is 628 g/mol. The number of halogens is 1. The Balaban J connectivity index is 1.67. The summed E-state index contributed by atoms with van der Waals surface area (Å²) in [6.07, 6.45) is 3.01. The van der Waals surface area contributed by atoms with Gasteiger partial charge < -0.3 is 34.6 Å². The molecule has 37 heavy (non-hydrogen) atoms. The summed E-state index contributed by atoms with van der Waals surface area (Å²) >= 11 is 2.03. The number of methoxy groups -OCH3 is 1. The molecule has 2 amide bonds. The first-order valence-corrected chi connectivity index (χ1v) is 13.6. The van der Waals surface area contributed by atoms with Crippen LogP contribution >= 0.6 is 22.6 Å². The first-order chi connectivity index (χ1) is 17.9. The predicted octanol–water partition coefficient (Wildman–Crippen LogP) is 1.30. The van der Waals surface area contributed by atoms with Gasteiger partial charge in [-0.15, -0.1) is 0 Å². The molecule has 0 bridgehead atoms. The molecule has 4 unspecified atom stereocenters. The Hall–Kier alpha value is -2.22. The van der Waals surface area contributed by atoms with Crippen LogP contribution in [0.1, 0.15) is 36.0 Å². The first-order valence-electron chi connectivity index (χ1n) is 12.5. The number of carbonyl (C=O) groups excluding carboxylic acids is 3. The highest BCUT2D eigenvalue weighted by atomic mass is 127. The summed E-state index contributed by atoms with van der Waals surface area (Å²) < 4.78 is 17.7. The lowest BCUT2D eigenvalue weighted by Gasteiger charge is -2.41. The number of nitrogens with one attached hydrogen (secondary N) is 1. The number of carbonyl (C=O) groups is 3. The zero-order valence-corrected chi connectivity index (χ0v) is 22.9. The number of benzene rings is 1. The van der Waals surface area contributed by atoms with E-state index in [1.54, 1.807) is 23.1 Å². The van der Waals surface area contributed by atoms with E-state index in [0.717, 1.165) is 12.8 Å². The van der Waals surface area contributed by atoms with Gasteiger partial charge in [0.2, 0.25) is 11.8 Å². The number of hydrogen-bond donors (Lipinski definition) is 3. The smallest absolute Gasteiger partial charge is 0.247 e. The third-order valence-electron chi connectivity index (χ3n) is 6.97. The predicted molar refractivity (Wildman–Crippen MR) is 141 cm³/mol. The number of nitrogens with zero attached hydrogens (tertiary/aromatic N) is 1. The van der Waals surface area contributed by atoms with E-state index in [-0.39, 0.29) is 37.3 Å². The SMILES string of the molecule is COc1cc(C=O)cc(I)c1OC1C=C(C(=O)NCCO)CC(N(CC2CC2)C(=O)C2CCOC2)C1O. The summed E-state index contributed by atoms with van der Waals surface area (Å²) in [6, 6.07) is 2.50. The molecule has 1 aromatic carbocycles.